The van der Waals surface area contributed by atoms with E-state index in [1.165, 1.54) is 6.42 Å². The Bertz CT molecular complexity index is 221. The summed E-state index contributed by atoms with van der Waals surface area (Å²) in [6, 6.07) is 0.506. The Kier molecular flexibility index (Phi) is 5.46. The molecule has 0 aromatic heterocycles. The van der Waals surface area contributed by atoms with Crippen molar-refractivity contribution in [2.24, 2.45) is 11.8 Å². The van der Waals surface area contributed by atoms with Gasteiger partial charge in [-0.1, -0.05) is 41.5 Å². The van der Waals surface area contributed by atoms with E-state index in [4.69, 9.17) is 4.74 Å². The second-order valence-electron chi connectivity index (χ2n) is 6.38. The van der Waals surface area contributed by atoms with Crippen molar-refractivity contribution in [3.63, 3.8) is 0 Å². The SMILES string of the molecule is CCC1(CC)COC(CC(C)C)C(C(C)C)N1. The molecule has 2 unspecified atom stereocenters. The van der Waals surface area contributed by atoms with Gasteiger partial charge in [0, 0.05) is 11.6 Å². The third-order valence-electron chi connectivity index (χ3n) is 4.22. The summed E-state index contributed by atoms with van der Waals surface area (Å²) >= 11 is 0. The van der Waals surface area contributed by atoms with Crippen molar-refractivity contribution in [1.29, 1.82) is 0 Å². The van der Waals surface area contributed by atoms with E-state index in [1.807, 2.05) is 0 Å². The molecular weight excluding hydrogens is 210 g/mol. The van der Waals surface area contributed by atoms with Gasteiger partial charge in [0.25, 0.3) is 0 Å². The van der Waals surface area contributed by atoms with Crippen LogP contribution in [0.3, 0.4) is 0 Å². The molecule has 2 atom stereocenters. The first-order valence-corrected chi connectivity index (χ1v) is 7.33. The number of morpholine rings is 1. The average Bonchev–Trinajstić information content (AvgIpc) is 2.29. The molecule has 0 saturated carbocycles. The molecule has 1 aliphatic rings. The molecule has 1 saturated heterocycles. The van der Waals surface area contributed by atoms with Gasteiger partial charge < -0.3 is 10.1 Å². The maximum Gasteiger partial charge on any atom is 0.0734 e. The van der Waals surface area contributed by atoms with E-state index in [-0.39, 0.29) is 5.54 Å². The Morgan fingerprint density at radius 3 is 2.18 bits per heavy atom. The fourth-order valence-electron chi connectivity index (χ4n) is 2.79. The van der Waals surface area contributed by atoms with Crippen LogP contribution in [-0.2, 0) is 4.74 Å². The molecule has 17 heavy (non-hydrogen) atoms. The maximum absolute atomic E-state index is 6.20. The molecule has 2 heteroatoms. The highest BCUT2D eigenvalue weighted by Gasteiger charge is 2.39. The van der Waals surface area contributed by atoms with Gasteiger partial charge in [-0.3, -0.25) is 0 Å². The number of nitrogens with one attached hydrogen (secondary N) is 1. The molecule has 0 spiro atoms. The molecule has 0 bridgehead atoms. The van der Waals surface area contributed by atoms with Crippen LogP contribution < -0.4 is 5.32 Å². The quantitative estimate of drug-likeness (QED) is 0.794. The lowest BCUT2D eigenvalue weighted by molar-refractivity contribution is -0.0834. The molecule has 0 aliphatic carbocycles. The second kappa shape index (κ2) is 6.19. The maximum atomic E-state index is 6.20. The van der Waals surface area contributed by atoms with Gasteiger partial charge in [0.1, 0.15) is 0 Å². The van der Waals surface area contributed by atoms with Crippen LogP contribution >= 0.6 is 0 Å². The predicted molar refractivity (Wildman–Crippen MR) is 74.3 cm³/mol. The Balaban J connectivity index is 2.73. The van der Waals surface area contributed by atoms with Crippen molar-refractivity contribution in [3.05, 3.63) is 0 Å². The molecule has 0 amide bonds. The molecule has 102 valence electrons. The van der Waals surface area contributed by atoms with Crippen molar-refractivity contribution in [2.75, 3.05) is 6.61 Å². The lowest BCUT2D eigenvalue weighted by atomic mass is 9.84. The van der Waals surface area contributed by atoms with Gasteiger partial charge >= 0.3 is 0 Å². The summed E-state index contributed by atoms with van der Waals surface area (Å²) in [6.07, 6.45) is 3.86. The van der Waals surface area contributed by atoms with Crippen molar-refractivity contribution in [3.8, 4) is 0 Å². The highest BCUT2D eigenvalue weighted by molar-refractivity contribution is 4.97. The zero-order valence-electron chi connectivity index (χ0n) is 12.5. The van der Waals surface area contributed by atoms with Gasteiger partial charge in [0.15, 0.2) is 0 Å². The van der Waals surface area contributed by atoms with Gasteiger partial charge in [-0.05, 0) is 31.1 Å². The van der Waals surface area contributed by atoms with Crippen LogP contribution in [0.15, 0.2) is 0 Å². The van der Waals surface area contributed by atoms with Gasteiger partial charge in [0.05, 0.1) is 12.7 Å². The molecular formula is C15H31NO. The van der Waals surface area contributed by atoms with E-state index >= 15 is 0 Å². The van der Waals surface area contributed by atoms with E-state index in [1.54, 1.807) is 0 Å². The summed E-state index contributed by atoms with van der Waals surface area (Å²) in [5.41, 5.74) is 0.211. The molecule has 1 fully saturated rings. The third-order valence-corrected chi connectivity index (χ3v) is 4.22. The number of ether oxygens (including phenoxy) is 1. The molecule has 1 rings (SSSR count). The van der Waals surface area contributed by atoms with Gasteiger partial charge in [-0.2, -0.15) is 0 Å². The molecule has 1 N–H and O–H groups in total. The topological polar surface area (TPSA) is 21.3 Å². The summed E-state index contributed by atoms with van der Waals surface area (Å²) < 4.78 is 6.20. The molecule has 0 aromatic rings. The number of hydrogen-bond acceptors (Lipinski definition) is 2. The van der Waals surface area contributed by atoms with Gasteiger partial charge in [-0.25, -0.2) is 0 Å². The lowest BCUT2D eigenvalue weighted by Crippen LogP contribution is -2.63. The highest BCUT2D eigenvalue weighted by Crippen LogP contribution is 2.29. The van der Waals surface area contributed by atoms with Crippen LogP contribution in [-0.4, -0.2) is 24.3 Å². The molecule has 0 radical (unpaired) electrons. The Labute approximate surface area is 108 Å². The van der Waals surface area contributed by atoms with E-state index in [9.17, 15) is 0 Å². The van der Waals surface area contributed by atoms with E-state index in [0.29, 0.717) is 24.0 Å². The normalized spacial score (nSPS) is 28.9. The van der Waals surface area contributed by atoms with Crippen LogP contribution in [0.25, 0.3) is 0 Å². The van der Waals surface area contributed by atoms with E-state index < -0.39 is 0 Å². The average molecular weight is 241 g/mol. The lowest BCUT2D eigenvalue weighted by Gasteiger charge is -2.47. The van der Waals surface area contributed by atoms with E-state index in [2.05, 4.69) is 46.9 Å². The Morgan fingerprint density at radius 2 is 1.76 bits per heavy atom. The zero-order valence-corrected chi connectivity index (χ0v) is 12.5. The van der Waals surface area contributed by atoms with Crippen LogP contribution in [0, 0.1) is 11.8 Å². The Hall–Kier alpha value is -0.0800. The van der Waals surface area contributed by atoms with E-state index in [0.717, 1.165) is 19.4 Å². The van der Waals surface area contributed by atoms with Crippen LogP contribution in [0.1, 0.15) is 60.8 Å². The van der Waals surface area contributed by atoms with Crippen LogP contribution in [0.2, 0.25) is 0 Å². The minimum atomic E-state index is 0.211. The summed E-state index contributed by atoms with van der Waals surface area (Å²) in [5.74, 6) is 1.34. The predicted octanol–water partition coefficient (Wildman–Crippen LogP) is 3.60. The van der Waals surface area contributed by atoms with Crippen LogP contribution in [0.4, 0.5) is 0 Å². The number of hydrogen-bond donors (Lipinski definition) is 1. The first-order valence-electron chi connectivity index (χ1n) is 7.33. The summed E-state index contributed by atoms with van der Waals surface area (Å²) in [6.45, 7) is 14.6. The Morgan fingerprint density at radius 1 is 1.18 bits per heavy atom. The summed E-state index contributed by atoms with van der Waals surface area (Å²) in [4.78, 5) is 0. The minimum absolute atomic E-state index is 0.211. The van der Waals surface area contributed by atoms with Crippen molar-refractivity contribution in [1.82, 2.24) is 5.32 Å². The highest BCUT2D eigenvalue weighted by atomic mass is 16.5. The largest absolute Gasteiger partial charge is 0.375 e. The van der Waals surface area contributed by atoms with Gasteiger partial charge in [-0.15, -0.1) is 0 Å². The minimum Gasteiger partial charge on any atom is -0.375 e. The fraction of sp³-hybridized carbons (Fsp3) is 1.00. The first kappa shape index (κ1) is 15.0. The van der Waals surface area contributed by atoms with Crippen molar-refractivity contribution >= 4 is 0 Å². The molecule has 0 aromatic carbocycles. The zero-order chi connectivity index (χ0) is 13.1. The number of rotatable bonds is 5. The molecule has 2 nitrogen and oxygen atoms in total. The van der Waals surface area contributed by atoms with Crippen LogP contribution in [0.5, 0.6) is 0 Å². The smallest absolute Gasteiger partial charge is 0.0734 e. The fourth-order valence-corrected chi connectivity index (χ4v) is 2.79. The first-order chi connectivity index (χ1) is 7.94. The van der Waals surface area contributed by atoms with Crippen molar-refractivity contribution < 1.29 is 4.74 Å². The summed E-state index contributed by atoms with van der Waals surface area (Å²) in [7, 11) is 0. The standard InChI is InChI=1S/C15H31NO/c1-7-15(8-2)10-17-13(9-11(3)4)14(16-15)12(5)6/h11-14,16H,7-10H2,1-6H3. The monoisotopic (exact) mass is 241 g/mol. The third kappa shape index (κ3) is 3.69. The summed E-state index contributed by atoms with van der Waals surface area (Å²) in [5, 5.41) is 3.90. The molecule has 1 heterocycles. The van der Waals surface area contributed by atoms with Crippen molar-refractivity contribution in [2.45, 2.75) is 78.5 Å². The second-order valence-corrected chi connectivity index (χ2v) is 6.38. The molecule has 1 aliphatic heterocycles. The van der Waals surface area contributed by atoms with Gasteiger partial charge in [0.2, 0.25) is 0 Å².